The Bertz CT molecular complexity index is 1420. The van der Waals surface area contributed by atoms with Gasteiger partial charge in [-0.15, -0.1) is 18.3 Å². The predicted molar refractivity (Wildman–Crippen MR) is 133 cm³/mol. The summed E-state index contributed by atoms with van der Waals surface area (Å²) in [5.41, 5.74) is 0.142. The predicted octanol–water partition coefficient (Wildman–Crippen LogP) is 1.96. The smallest absolute Gasteiger partial charge is 0.470 e. The van der Waals surface area contributed by atoms with Gasteiger partial charge in [-0.2, -0.15) is 5.10 Å². The van der Waals surface area contributed by atoms with Crippen molar-refractivity contribution in [1.82, 2.24) is 48.9 Å². The van der Waals surface area contributed by atoms with Crippen LogP contribution in [-0.4, -0.2) is 50.5 Å². The molecule has 203 valence electrons. The summed E-state index contributed by atoms with van der Waals surface area (Å²) >= 11 is 0. The van der Waals surface area contributed by atoms with Crippen LogP contribution >= 0.6 is 0 Å². The van der Waals surface area contributed by atoms with Gasteiger partial charge in [-0.1, -0.05) is 18.6 Å². The molecule has 0 saturated heterocycles. The average molecular weight is 708 g/mol. The molecule has 15 heteroatoms. The summed E-state index contributed by atoms with van der Waals surface area (Å²) < 4.78 is 35.1. The molecule has 0 N–H and O–H groups in total. The van der Waals surface area contributed by atoms with E-state index in [-0.39, 0.29) is 25.7 Å². The molecule has 1 radical (unpaired) electrons. The van der Waals surface area contributed by atoms with E-state index >= 15 is 0 Å². The third-order valence-corrected chi connectivity index (χ3v) is 5.88. The summed E-state index contributed by atoms with van der Waals surface area (Å²) in [6.45, 7) is 0.181. The van der Waals surface area contributed by atoms with Crippen molar-refractivity contribution in [3.63, 3.8) is 0 Å². The van der Waals surface area contributed by atoms with Crippen molar-refractivity contribution in [3.05, 3.63) is 109 Å². The molecule has 0 atom stereocenters. The maximum atomic E-state index is 13.6. The Hall–Kier alpha value is -4.23. The maximum Gasteiger partial charge on any atom is 0.634 e. The van der Waals surface area contributed by atoms with Gasteiger partial charge in [0, 0.05) is 63.8 Å². The molecule has 0 saturated carbocycles. The molecule has 1 aromatic carbocycles. The largest absolute Gasteiger partial charge is 0.634 e. The van der Waals surface area contributed by atoms with Gasteiger partial charge in [-0.25, -0.2) is 15.3 Å². The Kier molecular flexibility index (Phi) is 8.62. The standard InChI is InChI=1S/C12H12BN8.C12H12F2N3.Ir/c1-5-14-18(9-1)13(19-10-2-6-15-19,20-11-3-7-16-20)21-12-4-8-17-21;1-3-4-11-15-12(17(2)16-11)9-6-5-8(13)7-10(9)14;/h1-12H;5,7H,3-4H2,1-2H3;/q2*-1;. The molecule has 5 aromatic heterocycles. The van der Waals surface area contributed by atoms with Crippen molar-refractivity contribution in [2.24, 2.45) is 7.05 Å². The van der Waals surface area contributed by atoms with Crippen molar-refractivity contribution in [2.45, 2.75) is 19.8 Å². The molecule has 0 fully saturated rings. The second-order valence-electron chi connectivity index (χ2n) is 8.40. The zero-order valence-electron chi connectivity index (χ0n) is 21.1. The van der Waals surface area contributed by atoms with Crippen LogP contribution in [0.25, 0.3) is 11.4 Å². The SMILES string of the molecule is CCCc1nc(-c2[c-]cc(F)cc2F)n(C)n1.[Ir].c1cnn([B-](n2cccn2)(n2cccn2)[n+]2ccc[n-]2)c1. The number of aryl methyl sites for hydroxylation is 2. The van der Waals surface area contributed by atoms with E-state index in [0.717, 1.165) is 25.0 Å². The fourth-order valence-corrected chi connectivity index (χ4v) is 4.27. The first-order valence-electron chi connectivity index (χ1n) is 12.0. The number of rotatable bonds is 7. The second-order valence-corrected chi connectivity index (χ2v) is 8.40. The molecule has 0 aliphatic carbocycles. The van der Waals surface area contributed by atoms with Gasteiger partial charge in [-0.05, 0) is 49.3 Å². The molecular formula is C24H24BF2IrN11-2. The summed E-state index contributed by atoms with van der Waals surface area (Å²) in [7, 11) is 1.68. The van der Waals surface area contributed by atoms with E-state index in [2.05, 4.69) is 36.5 Å². The number of nitrogens with zero attached hydrogens (tertiary/aromatic N) is 11. The fraction of sp³-hybridized carbons (Fsp3) is 0.167. The van der Waals surface area contributed by atoms with Crippen molar-refractivity contribution in [2.75, 3.05) is 0 Å². The van der Waals surface area contributed by atoms with Crippen molar-refractivity contribution < 1.29 is 33.5 Å². The van der Waals surface area contributed by atoms with Crippen LogP contribution in [0, 0.1) is 17.7 Å². The summed E-state index contributed by atoms with van der Waals surface area (Å²) in [5, 5.41) is 21.8. The molecule has 0 bridgehead atoms. The monoisotopic (exact) mass is 708 g/mol. The second kappa shape index (κ2) is 12.1. The molecule has 39 heavy (non-hydrogen) atoms. The third-order valence-electron chi connectivity index (χ3n) is 5.88. The van der Waals surface area contributed by atoms with Gasteiger partial charge in [-0.3, -0.25) is 18.4 Å². The maximum absolute atomic E-state index is 13.6. The van der Waals surface area contributed by atoms with Gasteiger partial charge in [0.15, 0.2) is 0 Å². The van der Waals surface area contributed by atoms with Crippen LogP contribution in [0.1, 0.15) is 19.2 Å². The van der Waals surface area contributed by atoms with E-state index in [4.69, 9.17) is 0 Å². The fourth-order valence-electron chi connectivity index (χ4n) is 4.27. The van der Waals surface area contributed by atoms with Gasteiger partial charge in [0.05, 0.1) is 5.82 Å². The van der Waals surface area contributed by atoms with Crippen LogP contribution < -0.4 is 9.69 Å². The minimum Gasteiger partial charge on any atom is -0.470 e. The van der Waals surface area contributed by atoms with Crippen LogP contribution in [-0.2, 0) is 33.6 Å². The topological polar surface area (TPSA) is 102 Å². The minimum absolute atomic E-state index is 0. The molecule has 0 aliphatic heterocycles. The first kappa shape index (κ1) is 27.8. The van der Waals surface area contributed by atoms with E-state index < -0.39 is 18.3 Å². The zero-order chi connectivity index (χ0) is 26.5. The summed E-state index contributed by atoms with van der Waals surface area (Å²) in [6.07, 6.45) is 16.1. The van der Waals surface area contributed by atoms with Crippen molar-refractivity contribution in [3.8, 4) is 11.4 Å². The van der Waals surface area contributed by atoms with Gasteiger partial charge < -0.3 is 23.5 Å². The van der Waals surface area contributed by atoms with Gasteiger partial charge >= 0.3 is 6.69 Å². The number of benzene rings is 1. The van der Waals surface area contributed by atoms with E-state index in [1.807, 2.05) is 74.3 Å². The molecule has 6 aromatic rings. The Labute approximate surface area is 236 Å². The van der Waals surface area contributed by atoms with Gasteiger partial charge in [0.1, 0.15) is 12.0 Å². The first-order valence-corrected chi connectivity index (χ1v) is 12.0. The number of aromatic nitrogens is 11. The first-order chi connectivity index (χ1) is 18.5. The normalized spacial score (nSPS) is 11.1. The number of hydrogen-bond acceptors (Lipinski definition) is 5. The molecule has 0 spiro atoms. The van der Waals surface area contributed by atoms with Crippen LogP contribution in [0.3, 0.4) is 0 Å². The summed E-state index contributed by atoms with van der Waals surface area (Å²) in [6, 6.07) is 11.9. The van der Waals surface area contributed by atoms with Crippen LogP contribution in [0.2, 0.25) is 0 Å². The Morgan fingerprint density at radius 3 is 2.05 bits per heavy atom. The van der Waals surface area contributed by atoms with E-state index in [1.165, 1.54) is 4.68 Å². The Morgan fingerprint density at radius 2 is 1.59 bits per heavy atom. The zero-order valence-corrected chi connectivity index (χ0v) is 23.5. The molecule has 5 heterocycles. The minimum atomic E-state index is -1.83. The number of halogens is 2. The molecule has 6 rings (SSSR count). The Balaban J connectivity index is 0.000000181. The molecule has 0 unspecified atom stereocenters. The van der Waals surface area contributed by atoms with Gasteiger partial charge in [0.2, 0.25) is 0 Å². The summed E-state index contributed by atoms with van der Waals surface area (Å²) in [4.78, 5) is 4.22. The average Bonchev–Trinajstić information content (AvgIpc) is 3.74. The van der Waals surface area contributed by atoms with Crippen LogP contribution in [0.15, 0.2) is 86.0 Å². The molecule has 11 nitrogen and oxygen atoms in total. The van der Waals surface area contributed by atoms with E-state index in [9.17, 15) is 8.78 Å². The quantitative estimate of drug-likeness (QED) is 0.186. The van der Waals surface area contributed by atoms with Crippen molar-refractivity contribution in [1.29, 1.82) is 0 Å². The molecule has 0 amide bonds. The van der Waals surface area contributed by atoms with Crippen LogP contribution in [0.5, 0.6) is 0 Å². The van der Waals surface area contributed by atoms with Gasteiger partial charge in [0.25, 0.3) is 0 Å². The third kappa shape index (κ3) is 5.36. The number of hydrogen-bond donors (Lipinski definition) is 0. The summed E-state index contributed by atoms with van der Waals surface area (Å²) in [5.74, 6) is -0.307. The van der Waals surface area contributed by atoms with E-state index in [0.29, 0.717) is 11.6 Å². The van der Waals surface area contributed by atoms with Crippen LogP contribution in [0.4, 0.5) is 8.78 Å². The van der Waals surface area contributed by atoms with E-state index in [1.54, 1.807) is 31.8 Å². The van der Waals surface area contributed by atoms with Crippen molar-refractivity contribution >= 4 is 6.69 Å². The molecule has 0 aliphatic rings. The molecular weight excluding hydrogens is 683 g/mol. The Morgan fingerprint density at radius 1 is 0.974 bits per heavy atom.